The highest BCUT2D eigenvalue weighted by molar-refractivity contribution is 7.89. The Morgan fingerprint density at radius 1 is 1.14 bits per heavy atom. The average Bonchev–Trinajstić information content (AvgIpc) is 2.69. The van der Waals surface area contributed by atoms with Gasteiger partial charge in [0.2, 0.25) is 10.0 Å². The van der Waals surface area contributed by atoms with Crippen LogP contribution in [0.25, 0.3) is 0 Å². The number of sulfonamides is 1. The summed E-state index contributed by atoms with van der Waals surface area (Å²) < 4.78 is 27.2. The number of benzene rings is 2. The van der Waals surface area contributed by atoms with Crippen molar-refractivity contribution < 1.29 is 18.1 Å². The van der Waals surface area contributed by atoms with Gasteiger partial charge in [0, 0.05) is 29.9 Å². The van der Waals surface area contributed by atoms with E-state index in [1.165, 1.54) is 28.6 Å². The second kappa shape index (κ2) is 8.48. The summed E-state index contributed by atoms with van der Waals surface area (Å²) in [7, 11) is -3.68. The summed E-state index contributed by atoms with van der Waals surface area (Å²) in [5, 5.41) is 14.0. The van der Waals surface area contributed by atoms with Crippen LogP contribution in [0.3, 0.4) is 0 Å². The van der Waals surface area contributed by atoms with Crippen LogP contribution in [0.2, 0.25) is 5.02 Å². The van der Waals surface area contributed by atoms with Crippen molar-refractivity contribution in [3.8, 4) is 0 Å². The van der Waals surface area contributed by atoms with Crippen molar-refractivity contribution in [1.82, 2.24) is 4.31 Å². The van der Waals surface area contributed by atoms with E-state index >= 15 is 0 Å². The van der Waals surface area contributed by atoms with Gasteiger partial charge >= 0.3 is 0 Å². The zero-order valence-corrected chi connectivity index (χ0v) is 17.3. The number of aryl methyl sites for hydroxylation is 1. The van der Waals surface area contributed by atoms with Crippen LogP contribution in [0.15, 0.2) is 41.3 Å². The van der Waals surface area contributed by atoms with Crippen LogP contribution >= 0.6 is 11.6 Å². The second-order valence-corrected chi connectivity index (χ2v) is 9.19. The van der Waals surface area contributed by atoms with Crippen molar-refractivity contribution in [2.45, 2.75) is 31.1 Å². The molecule has 1 N–H and O–H groups in total. The number of piperidine rings is 1. The molecule has 0 bridgehead atoms. The molecule has 8 nitrogen and oxygen atoms in total. The minimum atomic E-state index is -3.68. The molecule has 1 amide bonds. The lowest BCUT2D eigenvalue weighted by Crippen LogP contribution is -2.35. The maximum atomic E-state index is 12.9. The number of nitrogens with zero attached hydrogens (tertiary/aromatic N) is 2. The van der Waals surface area contributed by atoms with Gasteiger partial charge in [-0.3, -0.25) is 14.9 Å². The molecule has 1 fully saturated rings. The highest BCUT2D eigenvalue weighted by Crippen LogP contribution is 2.27. The number of rotatable bonds is 5. The van der Waals surface area contributed by atoms with Gasteiger partial charge < -0.3 is 5.32 Å². The Hall–Kier alpha value is -2.49. The summed E-state index contributed by atoms with van der Waals surface area (Å²) in [6, 6.07) is 8.16. The summed E-state index contributed by atoms with van der Waals surface area (Å²) in [6.45, 7) is 2.64. The molecular formula is C19H20ClN3O5S. The molecular weight excluding hydrogens is 418 g/mol. The highest BCUT2D eigenvalue weighted by atomic mass is 35.5. The molecule has 0 aromatic heterocycles. The normalized spacial score (nSPS) is 15.1. The highest BCUT2D eigenvalue weighted by Gasteiger charge is 2.27. The van der Waals surface area contributed by atoms with E-state index in [4.69, 9.17) is 11.6 Å². The molecule has 1 aliphatic heterocycles. The number of nitro benzene ring substituents is 1. The Morgan fingerprint density at radius 3 is 2.48 bits per heavy atom. The van der Waals surface area contributed by atoms with Gasteiger partial charge in [-0.15, -0.1) is 0 Å². The first-order valence-electron chi connectivity index (χ1n) is 9.06. The molecule has 0 unspecified atom stereocenters. The Balaban J connectivity index is 1.93. The smallest absolute Gasteiger partial charge is 0.282 e. The molecule has 29 heavy (non-hydrogen) atoms. The minimum Gasteiger partial charge on any atom is -0.321 e. The lowest BCUT2D eigenvalue weighted by atomic mass is 10.1. The lowest BCUT2D eigenvalue weighted by molar-refractivity contribution is -0.385. The molecule has 1 heterocycles. The quantitative estimate of drug-likeness (QED) is 0.561. The Bertz CT molecular complexity index is 1070. The summed E-state index contributed by atoms with van der Waals surface area (Å²) in [6.07, 6.45) is 2.62. The van der Waals surface area contributed by atoms with Gasteiger partial charge in [0.15, 0.2) is 0 Å². The number of nitrogens with one attached hydrogen (secondary N) is 1. The number of halogens is 1. The predicted octanol–water partition coefficient (Wildman–Crippen LogP) is 3.98. The van der Waals surface area contributed by atoms with E-state index in [1.54, 1.807) is 13.0 Å². The van der Waals surface area contributed by atoms with Crippen LogP contribution in [0.1, 0.15) is 35.2 Å². The fraction of sp³-hybridized carbons (Fsp3) is 0.316. The van der Waals surface area contributed by atoms with E-state index in [-0.39, 0.29) is 26.9 Å². The lowest BCUT2D eigenvalue weighted by Gasteiger charge is -2.26. The fourth-order valence-corrected chi connectivity index (χ4v) is 4.91. The van der Waals surface area contributed by atoms with E-state index < -0.39 is 20.9 Å². The standard InChI is InChI=1S/C19H20ClN3O5S/c1-13-5-7-15(29(27,28)22-9-3-2-4-10-22)12-17(13)21-19(24)16-11-14(20)6-8-18(16)23(25)26/h5-8,11-12H,2-4,9-10H2,1H3,(H,21,24). The maximum absolute atomic E-state index is 12.9. The van der Waals surface area contributed by atoms with Crippen molar-refractivity contribution in [3.05, 3.63) is 62.7 Å². The molecule has 0 spiro atoms. The number of nitro groups is 1. The first-order valence-corrected chi connectivity index (χ1v) is 10.9. The molecule has 2 aromatic carbocycles. The predicted molar refractivity (Wildman–Crippen MR) is 110 cm³/mol. The number of carbonyl (C=O) groups excluding carboxylic acids is 1. The molecule has 2 aromatic rings. The van der Waals surface area contributed by atoms with Crippen molar-refractivity contribution >= 4 is 38.9 Å². The van der Waals surface area contributed by atoms with E-state index in [9.17, 15) is 23.3 Å². The van der Waals surface area contributed by atoms with E-state index in [2.05, 4.69) is 5.32 Å². The third-order valence-corrected chi connectivity index (χ3v) is 6.94. The largest absolute Gasteiger partial charge is 0.321 e. The fourth-order valence-electron chi connectivity index (χ4n) is 3.19. The Morgan fingerprint density at radius 2 is 1.83 bits per heavy atom. The third kappa shape index (κ3) is 4.58. The summed E-state index contributed by atoms with van der Waals surface area (Å²) in [4.78, 5) is 23.3. The zero-order chi connectivity index (χ0) is 21.2. The molecule has 0 saturated carbocycles. The van der Waals surface area contributed by atoms with Crippen LogP contribution in [0, 0.1) is 17.0 Å². The number of amides is 1. The van der Waals surface area contributed by atoms with E-state index in [1.807, 2.05) is 0 Å². The van der Waals surface area contributed by atoms with Gasteiger partial charge in [-0.25, -0.2) is 8.42 Å². The minimum absolute atomic E-state index is 0.0703. The van der Waals surface area contributed by atoms with Gasteiger partial charge in [0.25, 0.3) is 11.6 Å². The molecule has 1 aliphatic rings. The van der Waals surface area contributed by atoms with Crippen LogP contribution in [0.5, 0.6) is 0 Å². The van der Waals surface area contributed by atoms with Gasteiger partial charge in [0.1, 0.15) is 5.56 Å². The van der Waals surface area contributed by atoms with Gasteiger partial charge in [-0.2, -0.15) is 4.31 Å². The Kier molecular flexibility index (Phi) is 6.21. The first kappa shape index (κ1) is 21.2. The number of hydrogen-bond acceptors (Lipinski definition) is 5. The van der Waals surface area contributed by atoms with Crippen LogP contribution in [0.4, 0.5) is 11.4 Å². The molecule has 1 saturated heterocycles. The van der Waals surface area contributed by atoms with Crippen molar-refractivity contribution in [2.24, 2.45) is 0 Å². The maximum Gasteiger partial charge on any atom is 0.282 e. The third-order valence-electron chi connectivity index (χ3n) is 4.81. The van der Waals surface area contributed by atoms with Crippen molar-refractivity contribution in [2.75, 3.05) is 18.4 Å². The molecule has 3 rings (SSSR count). The van der Waals surface area contributed by atoms with Crippen LogP contribution in [-0.2, 0) is 10.0 Å². The molecule has 154 valence electrons. The monoisotopic (exact) mass is 437 g/mol. The molecule has 0 radical (unpaired) electrons. The van der Waals surface area contributed by atoms with E-state index in [0.29, 0.717) is 18.7 Å². The zero-order valence-electron chi connectivity index (χ0n) is 15.7. The number of hydrogen-bond donors (Lipinski definition) is 1. The SMILES string of the molecule is Cc1ccc(S(=O)(=O)N2CCCCC2)cc1NC(=O)c1cc(Cl)ccc1[N+](=O)[O-]. The van der Waals surface area contributed by atoms with Gasteiger partial charge in [-0.05, 0) is 49.6 Å². The molecule has 10 heteroatoms. The van der Waals surface area contributed by atoms with Crippen LogP contribution in [-0.4, -0.2) is 36.6 Å². The van der Waals surface area contributed by atoms with Gasteiger partial charge in [0.05, 0.1) is 9.82 Å². The summed E-state index contributed by atoms with van der Waals surface area (Å²) in [5.74, 6) is -0.741. The first-order chi connectivity index (χ1) is 13.7. The number of carbonyl (C=O) groups is 1. The van der Waals surface area contributed by atoms with Crippen LogP contribution < -0.4 is 5.32 Å². The van der Waals surface area contributed by atoms with Gasteiger partial charge in [-0.1, -0.05) is 24.1 Å². The summed E-state index contributed by atoms with van der Waals surface area (Å²) in [5.41, 5.74) is 0.302. The Labute approximate surface area is 173 Å². The number of anilines is 1. The second-order valence-electron chi connectivity index (χ2n) is 6.81. The van der Waals surface area contributed by atoms with E-state index in [0.717, 1.165) is 25.3 Å². The topological polar surface area (TPSA) is 110 Å². The van der Waals surface area contributed by atoms with Crippen molar-refractivity contribution in [1.29, 1.82) is 0 Å². The molecule has 0 atom stereocenters. The molecule has 0 aliphatic carbocycles. The summed E-state index contributed by atoms with van der Waals surface area (Å²) >= 11 is 5.88. The van der Waals surface area contributed by atoms with Crippen molar-refractivity contribution in [3.63, 3.8) is 0 Å². The average molecular weight is 438 g/mol.